The van der Waals surface area contributed by atoms with Crippen LogP contribution in [0.5, 0.6) is 0 Å². The van der Waals surface area contributed by atoms with Crippen molar-refractivity contribution in [3.05, 3.63) is 35.4 Å². The van der Waals surface area contributed by atoms with Gasteiger partial charge in [-0.25, -0.2) is 0 Å². The monoisotopic (exact) mass is 203 g/mol. The van der Waals surface area contributed by atoms with Crippen LogP contribution in [0.1, 0.15) is 31.4 Å². The van der Waals surface area contributed by atoms with Gasteiger partial charge in [-0.1, -0.05) is 38.1 Å². The SMILES string of the molecule is CC(C)(CCN)C1Cc2ccccc2C1. The van der Waals surface area contributed by atoms with E-state index in [-0.39, 0.29) is 0 Å². The minimum absolute atomic E-state index is 0.383. The first-order chi connectivity index (χ1) is 7.13. The number of hydrogen-bond donors (Lipinski definition) is 1. The maximum absolute atomic E-state index is 5.69. The minimum Gasteiger partial charge on any atom is -0.330 e. The highest BCUT2D eigenvalue weighted by Crippen LogP contribution is 2.40. The summed E-state index contributed by atoms with van der Waals surface area (Å²) >= 11 is 0. The molecule has 1 heteroatoms. The molecule has 0 aliphatic heterocycles. The standard InChI is InChI=1S/C14H21N/c1-14(2,7-8-15)13-9-11-5-3-4-6-12(11)10-13/h3-6,13H,7-10,15H2,1-2H3. The van der Waals surface area contributed by atoms with Crippen LogP contribution >= 0.6 is 0 Å². The molecular formula is C14H21N. The van der Waals surface area contributed by atoms with Gasteiger partial charge in [-0.3, -0.25) is 0 Å². The first-order valence-electron chi connectivity index (χ1n) is 5.90. The number of rotatable bonds is 3. The summed E-state index contributed by atoms with van der Waals surface area (Å²) in [5, 5.41) is 0. The second kappa shape index (κ2) is 3.97. The zero-order chi connectivity index (χ0) is 10.9. The molecule has 0 saturated heterocycles. The van der Waals surface area contributed by atoms with E-state index in [4.69, 9.17) is 5.73 Å². The van der Waals surface area contributed by atoms with Gasteiger partial charge >= 0.3 is 0 Å². The van der Waals surface area contributed by atoms with E-state index < -0.39 is 0 Å². The molecule has 0 amide bonds. The number of nitrogens with two attached hydrogens (primary N) is 1. The Kier molecular flexibility index (Phi) is 2.83. The molecule has 0 radical (unpaired) electrons. The van der Waals surface area contributed by atoms with Crippen LogP contribution in [0.2, 0.25) is 0 Å². The highest BCUT2D eigenvalue weighted by Gasteiger charge is 2.33. The average molecular weight is 203 g/mol. The molecule has 15 heavy (non-hydrogen) atoms. The molecule has 0 atom stereocenters. The molecule has 0 spiro atoms. The quantitative estimate of drug-likeness (QED) is 0.803. The van der Waals surface area contributed by atoms with Gasteiger partial charge in [-0.05, 0) is 48.3 Å². The van der Waals surface area contributed by atoms with Crippen molar-refractivity contribution < 1.29 is 0 Å². The molecule has 1 aromatic rings. The first-order valence-corrected chi connectivity index (χ1v) is 5.90. The van der Waals surface area contributed by atoms with Gasteiger partial charge in [0.25, 0.3) is 0 Å². The summed E-state index contributed by atoms with van der Waals surface area (Å²) in [6.45, 7) is 5.52. The molecule has 0 unspecified atom stereocenters. The summed E-state index contributed by atoms with van der Waals surface area (Å²) in [6, 6.07) is 8.84. The third-order valence-corrected chi connectivity index (χ3v) is 3.94. The Balaban J connectivity index is 2.13. The summed E-state index contributed by atoms with van der Waals surface area (Å²) in [7, 11) is 0. The van der Waals surface area contributed by atoms with Gasteiger partial charge in [-0.15, -0.1) is 0 Å². The predicted octanol–water partition coefficient (Wildman–Crippen LogP) is 2.78. The molecule has 0 saturated carbocycles. The van der Waals surface area contributed by atoms with E-state index in [2.05, 4.69) is 38.1 Å². The number of benzene rings is 1. The highest BCUT2D eigenvalue weighted by atomic mass is 14.5. The van der Waals surface area contributed by atoms with Crippen LogP contribution in [0.3, 0.4) is 0 Å². The van der Waals surface area contributed by atoms with Crippen LogP contribution in [0.25, 0.3) is 0 Å². The van der Waals surface area contributed by atoms with E-state index in [9.17, 15) is 0 Å². The van der Waals surface area contributed by atoms with E-state index in [0.29, 0.717) is 5.41 Å². The predicted molar refractivity (Wildman–Crippen MR) is 64.8 cm³/mol. The van der Waals surface area contributed by atoms with E-state index in [1.165, 1.54) is 12.8 Å². The second-order valence-electron chi connectivity index (χ2n) is 5.40. The van der Waals surface area contributed by atoms with Gasteiger partial charge in [-0.2, -0.15) is 0 Å². The van der Waals surface area contributed by atoms with Gasteiger partial charge < -0.3 is 5.73 Å². The van der Waals surface area contributed by atoms with Gasteiger partial charge in [0, 0.05) is 0 Å². The fourth-order valence-corrected chi connectivity index (χ4v) is 2.69. The lowest BCUT2D eigenvalue weighted by Crippen LogP contribution is -2.27. The summed E-state index contributed by atoms with van der Waals surface area (Å²) in [5.74, 6) is 0.776. The van der Waals surface area contributed by atoms with Crippen molar-refractivity contribution in [1.29, 1.82) is 0 Å². The molecular weight excluding hydrogens is 182 g/mol. The van der Waals surface area contributed by atoms with Crippen molar-refractivity contribution in [1.82, 2.24) is 0 Å². The smallest absolute Gasteiger partial charge is 0.00721 e. The van der Waals surface area contributed by atoms with Crippen LogP contribution < -0.4 is 5.73 Å². The van der Waals surface area contributed by atoms with Crippen LogP contribution in [-0.2, 0) is 12.8 Å². The van der Waals surface area contributed by atoms with Crippen molar-refractivity contribution in [3.63, 3.8) is 0 Å². The molecule has 0 aromatic heterocycles. The molecule has 2 N–H and O–H groups in total. The maximum Gasteiger partial charge on any atom is -0.00721 e. The van der Waals surface area contributed by atoms with Crippen molar-refractivity contribution in [2.45, 2.75) is 33.1 Å². The van der Waals surface area contributed by atoms with E-state index in [1.807, 2.05) is 0 Å². The van der Waals surface area contributed by atoms with Gasteiger partial charge in [0.1, 0.15) is 0 Å². The van der Waals surface area contributed by atoms with Crippen molar-refractivity contribution in [2.75, 3.05) is 6.54 Å². The molecule has 1 aliphatic carbocycles. The lowest BCUT2D eigenvalue weighted by molar-refractivity contribution is 0.206. The number of fused-ring (bicyclic) bond motifs is 1. The fourth-order valence-electron chi connectivity index (χ4n) is 2.69. The normalized spacial score (nSPS) is 16.7. The third-order valence-electron chi connectivity index (χ3n) is 3.94. The first kappa shape index (κ1) is 10.7. The zero-order valence-corrected chi connectivity index (χ0v) is 9.79. The highest BCUT2D eigenvalue weighted by molar-refractivity contribution is 5.32. The molecule has 0 bridgehead atoms. The zero-order valence-electron chi connectivity index (χ0n) is 9.79. The Morgan fingerprint density at radius 2 is 1.73 bits per heavy atom. The number of hydrogen-bond acceptors (Lipinski definition) is 1. The van der Waals surface area contributed by atoms with Crippen molar-refractivity contribution in [3.8, 4) is 0 Å². The summed E-state index contributed by atoms with van der Waals surface area (Å²) < 4.78 is 0. The molecule has 82 valence electrons. The van der Waals surface area contributed by atoms with E-state index in [1.54, 1.807) is 11.1 Å². The van der Waals surface area contributed by atoms with E-state index >= 15 is 0 Å². The largest absolute Gasteiger partial charge is 0.330 e. The molecule has 0 fully saturated rings. The van der Waals surface area contributed by atoms with Gasteiger partial charge in [0.15, 0.2) is 0 Å². The Hall–Kier alpha value is -0.820. The topological polar surface area (TPSA) is 26.0 Å². The van der Waals surface area contributed by atoms with E-state index in [0.717, 1.165) is 18.9 Å². The van der Waals surface area contributed by atoms with Crippen molar-refractivity contribution in [2.24, 2.45) is 17.1 Å². The summed E-state index contributed by atoms with van der Waals surface area (Å²) in [4.78, 5) is 0. The fraction of sp³-hybridized carbons (Fsp3) is 0.571. The Bertz CT molecular complexity index is 316. The molecule has 2 rings (SSSR count). The third kappa shape index (κ3) is 2.07. The minimum atomic E-state index is 0.383. The Labute approximate surface area is 92.7 Å². The van der Waals surface area contributed by atoms with Crippen LogP contribution in [-0.4, -0.2) is 6.54 Å². The summed E-state index contributed by atoms with van der Waals surface area (Å²) in [6.07, 6.45) is 3.61. The van der Waals surface area contributed by atoms with Crippen LogP contribution in [0.15, 0.2) is 24.3 Å². The van der Waals surface area contributed by atoms with Crippen LogP contribution in [0.4, 0.5) is 0 Å². The molecule has 1 nitrogen and oxygen atoms in total. The lowest BCUT2D eigenvalue weighted by Gasteiger charge is -2.31. The van der Waals surface area contributed by atoms with Gasteiger partial charge in [0.2, 0.25) is 0 Å². The Morgan fingerprint density at radius 3 is 2.20 bits per heavy atom. The molecule has 1 aromatic carbocycles. The van der Waals surface area contributed by atoms with Crippen LogP contribution in [0, 0.1) is 11.3 Å². The Morgan fingerprint density at radius 1 is 1.20 bits per heavy atom. The second-order valence-corrected chi connectivity index (χ2v) is 5.40. The van der Waals surface area contributed by atoms with Gasteiger partial charge in [0.05, 0.1) is 0 Å². The molecule has 1 aliphatic rings. The average Bonchev–Trinajstić information content (AvgIpc) is 2.61. The summed E-state index contributed by atoms with van der Waals surface area (Å²) in [5.41, 5.74) is 9.17. The molecule has 0 heterocycles. The van der Waals surface area contributed by atoms with Crippen molar-refractivity contribution >= 4 is 0 Å². The lowest BCUT2D eigenvalue weighted by atomic mass is 9.75. The maximum atomic E-state index is 5.69.